The van der Waals surface area contributed by atoms with Crippen LogP contribution in [0.2, 0.25) is 0 Å². The quantitative estimate of drug-likeness (QED) is 0.514. The van der Waals surface area contributed by atoms with E-state index in [1.165, 1.54) is 11.8 Å². The summed E-state index contributed by atoms with van der Waals surface area (Å²) in [5, 5.41) is 11.9. The monoisotopic (exact) mass is 426 g/mol. The molecule has 8 heteroatoms. The fourth-order valence-corrected chi connectivity index (χ4v) is 3.74. The topological polar surface area (TPSA) is 78.3 Å². The molecule has 2 aromatic carbocycles. The average Bonchev–Trinajstić information content (AvgIpc) is 3.15. The summed E-state index contributed by atoms with van der Waals surface area (Å²) in [4.78, 5) is 12.6. The Hall–Kier alpha value is -3.00. The number of aromatic nitrogens is 3. The Labute approximate surface area is 180 Å². The normalized spacial score (nSPS) is 11.7. The Kier molecular flexibility index (Phi) is 7.35. The van der Waals surface area contributed by atoms with Crippen molar-refractivity contribution in [2.45, 2.75) is 44.3 Å². The van der Waals surface area contributed by atoms with Crippen LogP contribution in [0.1, 0.15) is 25.2 Å². The predicted molar refractivity (Wildman–Crippen MR) is 118 cm³/mol. The van der Waals surface area contributed by atoms with E-state index >= 15 is 0 Å². The number of hydrogen-bond donors (Lipinski definition) is 1. The van der Waals surface area contributed by atoms with E-state index in [1.54, 1.807) is 7.11 Å². The molecule has 3 rings (SSSR count). The Morgan fingerprint density at radius 1 is 1.13 bits per heavy atom. The Morgan fingerprint density at radius 2 is 1.83 bits per heavy atom. The number of rotatable bonds is 9. The largest absolute Gasteiger partial charge is 0.497 e. The molecule has 3 aromatic rings. The first kappa shape index (κ1) is 21.7. The lowest BCUT2D eigenvalue weighted by Crippen LogP contribution is -2.23. The van der Waals surface area contributed by atoms with E-state index in [1.807, 2.05) is 73.9 Å². The van der Waals surface area contributed by atoms with Crippen molar-refractivity contribution >= 4 is 23.4 Å². The molecule has 0 bridgehead atoms. The zero-order chi connectivity index (χ0) is 21.5. The molecular formula is C22H26N4O3S. The zero-order valence-corrected chi connectivity index (χ0v) is 18.4. The van der Waals surface area contributed by atoms with E-state index in [0.29, 0.717) is 17.5 Å². The van der Waals surface area contributed by atoms with Gasteiger partial charge in [0.2, 0.25) is 5.91 Å². The maximum Gasteiger partial charge on any atom is 0.237 e. The molecule has 0 radical (unpaired) electrons. The summed E-state index contributed by atoms with van der Waals surface area (Å²) in [7, 11) is 1.63. The van der Waals surface area contributed by atoms with Gasteiger partial charge in [0, 0.05) is 12.2 Å². The zero-order valence-electron chi connectivity index (χ0n) is 17.6. The lowest BCUT2D eigenvalue weighted by Gasteiger charge is -2.14. The van der Waals surface area contributed by atoms with Crippen LogP contribution in [-0.2, 0) is 17.9 Å². The van der Waals surface area contributed by atoms with Crippen LogP contribution in [0.3, 0.4) is 0 Å². The van der Waals surface area contributed by atoms with Crippen molar-refractivity contribution in [1.82, 2.24) is 14.8 Å². The standard InChI is InChI=1S/C22H26N4O3S/c1-5-26-20(14-29-18-12-10-17(28-4)11-13-18)24-25-22(26)30-16(3)21(27)23-19-9-7-6-8-15(19)2/h6-13,16H,5,14H2,1-4H3,(H,23,27). The fourth-order valence-electron chi connectivity index (χ4n) is 2.81. The molecule has 0 spiro atoms. The summed E-state index contributed by atoms with van der Waals surface area (Å²) in [5.74, 6) is 2.13. The molecular weight excluding hydrogens is 400 g/mol. The van der Waals surface area contributed by atoms with Crippen LogP contribution in [0.15, 0.2) is 53.7 Å². The third-order valence-electron chi connectivity index (χ3n) is 4.59. The van der Waals surface area contributed by atoms with Crippen LogP contribution >= 0.6 is 11.8 Å². The van der Waals surface area contributed by atoms with Crippen molar-refractivity contribution in [2.24, 2.45) is 0 Å². The second kappa shape index (κ2) is 10.2. The molecule has 0 aliphatic heterocycles. The van der Waals surface area contributed by atoms with Gasteiger partial charge in [-0.15, -0.1) is 10.2 Å². The van der Waals surface area contributed by atoms with Gasteiger partial charge in [-0.3, -0.25) is 4.79 Å². The van der Waals surface area contributed by atoms with Gasteiger partial charge in [-0.05, 0) is 56.7 Å². The average molecular weight is 427 g/mol. The van der Waals surface area contributed by atoms with Crippen molar-refractivity contribution in [1.29, 1.82) is 0 Å². The first-order valence-electron chi connectivity index (χ1n) is 9.74. The number of thioether (sulfide) groups is 1. The molecule has 1 unspecified atom stereocenters. The number of methoxy groups -OCH3 is 1. The molecule has 7 nitrogen and oxygen atoms in total. The van der Waals surface area contributed by atoms with Gasteiger partial charge < -0.3 is 19.4 Å². The van der Waals surface area contributed by atoms with Crippen LogP contribution in [0.25, 0.3) is 0 Å². The Balaban J connectivity index is 1.62. The van der Waals surface area contributed by atoms with Gasteiger partial charge in [-0.2, -0.15) is 0 Å². The molecule has 0 saturated heterocycles. The van der Waals surface area contributed by atoms with Crippen LogP contribution in [0, 0.1) is 6.92 Å². The first-order valence-corrected chi connectivity index (χ1v) is 10.6. The number of nitrogens with zero attached hydrogens (tertiary/aromatic N) is 3. The van der Waals surface area contributed by atoms with Crippen molar-refractivity contribution in [2.75, 3.05) is 12.4 Å². The molecule has 1 atom stereocenters. The third-order valence-corrected chi connectivity index (χ3v) is 5.67. The smallest absolute Gasteiger partial charge is 0.237 e. The Morgan fingerprint density at radius 3 is 2.50 bits per heavy atom. The number of aryl methyl sites for hydroxylation is 1. The van der Waals surface area contributed by atoms with Crippen LogP contribution in [0.4, 0.5) is 5.69 Å². The van der Waals surface area contributed by atoms with Crippen molar-refractivity contribution < 1.29 is 14.3 Å². The highest BCUT2D eigenvalue weighted by atomic mass is 32.2. The van der Waals surface area contributed by atoms with E-state index in [-0.39, 0.29) is 17.8 Å². The highest BCUT2D eigenvalue weighted by Crippen LogP contribution is 2.25. The van der Waals surface area contributed by atoms with Gasteiger partial charge in [0.05, 0.1) is 12.4 Å². The summed E-state index contributed by atoms with van der Waals surface area (Å²) < 4.78 is 12.9. The van der Waals surface area contributed by atoms with Gasteiger partial charge in [-0.25, -0.2) is 0 Å². The number of hydrogen-bond acceptors (Lipinski definition) is 6. The van der Waals surface area contributed by atoms with Gasteiger partial charge in [0.25, 0.3) is 0 Å². The molecule has 0 aliphatic carbocycles. The number of benzene rings is 2. The summed E-state index contributed by atoms with van der Waals surface area (Å²) in [6.45, 7) is 6.82. The number of anilines is 1. The molecule has 1 heterocycles. The number of carbonyl (C=O) groups excluding carboxylic acids is 1. The molecule has 1 N–H and O–H groups in total. The van der Waals surface area contributed by atoms with Gasteiger partial charge in [0.1, 0.15) is 18.1 Å². The van der Waals surface area contributed by atoms with Crippen LogP contribution in [0.5, 0.6) is 11.5 Å². The van der Waals surface area contributed by atoms with Crippen LogP contribution in [-0.4, -0.2) is 33.0 Å². The maximum absolute atomic E-state index is 12.6. The van der Waals surface area contributed by atoms with E-state index in [2.05, 4.69) is 15.5 Å². The summed E-state index contributed by atoms with van der Waals surface area (Å²) in [5.41, 5.74) is 1.85. The van der Waals surface area contributed by atoms with Crippen molar-refractivity contribution in [3.8, 4) is 11.5 Å². The molecule has 1 aromatic heterocycles. The van der Waals surface area contributed by atoms with E-state index in [0.717, 1.165) is 22.7 Å². The summed E-state index contributed by atoms with van der Waals surface area (Å²) >= 11 is 1.38. The molecule has 158 valence electrons. The minimum atomic E-state index is -0.325. The second-order valence-electron chi connectivity index (χ2n) is 6.67. The van der Waals surface area contributed by atoms with Gasteiger partial charge >= 0.3 is 0 Å². The van der Waals surface area contributed by atoms with Crippen molar-refractivity contribution in [3.05, 3.63) is 59.9 Å². The maximum atomic E-state index is 12.6. The number of para-hydroxylation sites is 1. The minimum absolute atomic E-state index is 0.0732. The molecule has 0 saturated carbocycles. The number of nitrogens with one attached hydrogen (secondary N) is 1. The lowest BCUT2D eigenvalue weighted by molar-refractivity contribution is -0.115. The van der Waals surface area contributed by atoms with E-state index in [4.69, 9.17) is 9.47 Å². The fraction of sp³-hybridized carbons (Fsp3) is 0.318. The highest BCUT2D eigenvalue weighted by Gasteiger charge is 2.20. The number of carbonyl (C=O) groups is 1. The molecule has 1 amide bonds. The SMILES string of the molecule is CCn1c(COc2ccc(OC)cc2)nnc1SC(C)C(=O)Nc1ccccc1C. The van der Waals surface area contributed by atoms with Crippen LogP contribution < -0.4 is 14.8 Å². The molecule has 0 aliphatic rings. The van der Waals surface area contributed by atoms with Gasteiger partial charge in [-0.1, -0.05) is 30.0 Å². The predicted octanol–water partition coefficient (Wildman–Crippen LogP) is 4.31. The minimum Gasteiger partial charge on any atom is -0.497 e. The highest BCUT2D eigenvalue weighted by molar-refractivity contribution is 8.00. The Bertz CT molecular complexity index is 988. The first-order chi connectivity index (χ1) is 14.5. The summed E-state index contributed by atoms with van der Waals surface area (Å²) in [6.07, 6.45) is 0. The second-order valence-corrected chi connectivity index (χ2v) is 7.98. The van der Waals surface area contributed by atoms with E-state index in [9.17, 15) is 4.79 Å². The molecule has 0 fully saturated rings. The molecule has 30 heavy (non-hydrogen) atoms. The number of ether oxygens (including phenoxy) is 2. The lowest BCUT2D eigenvalue weighted by atomic mass is 10.2. The number of amides is 1. The van der Waals surface area contributed by atoms with Gasteiger partial charge in [0.15, 0.2) is 11.0 Å². The van der Waals surface area contributed by atoms with E-state index < -0.39 is 0 Å². The van der Waals surface area contributed by atoms with Crippen molar-refractivity contribution in [3.63, 3.8) is 0 Å². The summed E-state index contributed by atoms with van der Waals surface area (Å²) in [6, 6.07) is 15.1. The third kappa shape index (κ3) is 5.33.